The predicted octanol–water partition coefficient (Wildman–Crippen LogP) is 3.88. The van der Waals surface area contributed by atoms with Crippen molar-refractivity contribution in [1.29, 1.82) is 0 Å². The number of aromatic hydroxyl groups is 1. The Balaban J connectivity index is 2.23. The highest BCUT2D eigenvalue weighted by Gasteiger charge is 2.36. The molecule has 0 atom stereocenters. The van der Waals surface area contributed by atoms with Crippen LogP contribution in [-0.2, 0) is 19.1 Å². The summed E-state index contributed by atoms with van der Waals surface area (Å²) < 4.78 is 15.6. The molecule has 0 spiro atoms. The first-order valence-corrected chi connectivity index (χ1v) is 9.70. The van der Waals surface area contributed by atoms with Gasteiger partial charge in [0.1, 0.15) is 0 Å². The molecule has 0 saturated heterocycles. The summed E-state index contributed by atoms with van der Waals surface area (Å²) in [6, 6.07) is 12.4. The van der Waals surface area contributed by atoms with Gasteiger partial charge in [-0.3, -0.25) is 0 Å². The van der Waals surface area contributed by atoms with Gasteiger partial charge in [0, 0.05) is 18.1 Å². The number of carbonyl (C=O) groups excluding carboxylic acids is 2. The van der Waals surface area contributed by atoms with E-state index in [0.29, 0.717) is 10.0 Å². The SMILES string of the molecule is COC(=O)C1=CN(c2ccccc2)C=C(C(=O)OC)C1c1cc(Br)c(O)c(OC)c1. The molecular formula is C22H20BrNO6. The van der Waals surface area contributed by atoms with Crippen LogP contribution in [0.25, 0.3) is 0 Å². The lowest BCUT2D eigenvalue weighted by Crippen LogP contribution is -2.28. The first kappa shape index (κ1) is 21.4. The minimum absolute atomic E-state index is 0.0878. The zero-order valence-corrected chi connectivity index (χ0v) is 18.2. The van der Waals surface area contributed by atoms with Crippen LogP contribution < -0.4 is 9.64 Å². The van der Waals surface area contributed by atoms with Crippen molar-refractivity contribution in [3.8, 4) is 11.5 Å². The van der Waals surface area contributed by atoms with E-state index in [0.717, 1.165) is 5.69 Å². The van der Waals surface area contributed by atoms with Gasteiger partial charge in [-0.2, -0.15) is 0 Å². The van der Waals surface area contributed by atoms with Gasteiger partial charge in [-0.25, -0.2) is 9.59 Å². The first-order valence-electron chi connectivity index (χ1n) is 8.91. The largest absolute Gasteiger partial charge is 0.503 e. The number of halogens is 1. The van der Waals surface area contributed by atoms with Crippen LogP contribution in [0.4, 0.5) is 5.69 Å². The van der Waals surface area contributed by atoms with Crippen LogP contribution in [0.2, 0.25) is 0 Å². The number of hydrogen-bond donors (Lipinski definition) is 1. The lowest BCUT2D eigenvalue weighted by atomic mass is 9.83. The topological polar surface area (TPSA) is 85.3 Å². The van der Waals surface area contributed by atoms with Gasteiger partial charge in [-0.1, -0.05) is 18.2 Å². The average molecular weight is 474 g/mol. The summed E-state index contributed by atoms with van der Waals surface area (Å²) in [4.78, 5) is 27.1. The van der Waals surface area contributed by atoms with Crippen molar-refractivity contribution in [3.05, 3.63) is 76.0 Å². The maximum Gasteiger partial charge on any atom is 0.336 e. The summed E-state index contributed by atoms with van der Waals surface area (Å²) in [7, 11) is 3.96. The molecule has 0 bridgehead atoms. The molecule has 0 unspecified atom stereocenters. The summed E-state index contributed by atoms with van der Waals surface area (Å²) >= 11 is 3.29. The minimum Gasteiger partial charge on any atom is -0.503 e. The van der Waals surface area contributed by atoms with E-state index in [2.05, 4.69) is 15.9 Å². The maximum atomic E-state index is 12.7. The van der Waals surface area contributed by atoms with E-state index < -0.39 is 17.9 Å². The Morgan fingerprint density at radius 3 is 2.03 bits per heavy atom. The lowest BCUT2D eigenvalue weighted by Gasteiger charge is -2.30. The Morgan fingerprint density at radius 1 is 0.967 bits per heavy atom. The quantitative estimate of drug-likeness (QED) is 0.659. The summed E-state index contributed by atoms with van der Waals surface area (Å²) in [5.41, 5.74) is 1.74. The molecular weight excluding hydrogens is 454 g/mol. The van der Waals surface area contributed by atoms with Crippen LogP contribution in [0, 0.1) is 0 Å². The molecule has 0 amide bonds. The highest BCUT2D eigenvalue weighted by atomic mass is 79.9. The number of benzene rings is 2. The maximum absolute atomic E-state index is 12.7. The number of methoxy groups -OCH3 is 3. The molecule has 1 aliphatic rings. The fraction of sp³-hybridized carbons (Fsp3) is 0.182. The second-order valence-electron chi connectivity index (χ2n) is 6.38. The predicted molar refractivity (Wildman–Crippen MR) is 114 cm³/mol. The van der Waals surface area contributed by atoms with Gasteiger partial charge in [0.25, 0.3) is 0 Å². The summed E-state index contributed by atoms with van der Waals surface area (Å²) in [6.07, 6.45) is 3.23. The molecule has 2 aromatic rings. The minimum atomic E-state index is -0.796. The van der Waals surface area contributed by atoms with Gasteiger partial charge in [-0.05, 0) is 45.8 Å². The van der Waals surface area contributed by atoms with Crippen LogP contribution in [0.3, 0.4) is 0 Å². The number of carbonyl (C=O) groups is 2. The standard InChI is InChI=1S/C22H20BrNO6/c1-28-18-10-13(9-17(23)20(18)25)19-15(21(26)29-2)11-24(12-16(19)22(27)30-3)14-7-5-4-6-8-14/h4-12,19,25H,1-3H3. The van der Waals surface area contributed by atoms with Crippen molar-refractivity contribution in [2.75, 3.05) is 26.2 Å². The van der Waals surface area contributed by atoms with Gasteiger partial charge in [0.15, 0.2) is 11.5 Å². The summed E-state index contributed by atoms with van der Waals surface area (Å²) in [5, 5.41) is 10.2. The number of nitrogens with zero attached hydrogens (tertiary/aromatic N) is 1. The molecule has 0 saturated carbocycles. The molecule has 0 aliphatic carbocycles. The number of ether oxygens (including phenoxy) is 3. The molecule has 0 fully saturated rings. The number of anilines is 1. The lowest BCUT2D eigenvalue weighted by molar-refractivity contribution is -0.137. The van der Waals surface area contributed by atoms with Crippen LogP contribution in [-0.4, -0.2) is 38.4 Å². The molecule has 3 rings (SSSR count). The third-order valence-electron chi connectivity index (χ3n) is 4.68. The number of phenols is 1. The monoisotopic (exact) mass is 473 g/mol. The molecule has 30 heavy (non-hydrogen) atoms. The average Bonchev–Trinajstić information content (AvgIpc) is 2.79. The van der Waals surface area contributed by atoms with Crippen LogP contribution in [0.15, 0.2) is 70.5 Å². The second kappa shape index (κ2) is 9.04. The Hall–Kier alpha value is -3.26. The van der Waals surface area contributed by atoms with Crippen molar-refractivity contribution in [3.63, 3.8) is 0 Å². The molecule has 0 radical (unpaired) electrons. The van der Waals surface area contributed by atoms with Crippen molar-refractivity contribution in [2.45, 2.75) is 5.92 Å². The molecule has 2 aromatic carbocycles. The van der Waals surface area contributed by atoms with E-state index in [1.54, 1.807) is 29.4 Å². The molecule has 156 valence electrons. The van der Waals surface area contributed by atoms with Crippen LogP contribution in [0.1, 0.15) is 11.5 Å². The second-order valence-corrected chi connectivity index (χ2v) is 7.24. The summed E-state index contributed by atoms with van der Waals surface area (Å²) in [6.45, 7) is 0. The number of rotatable bonds is 5. The molecule has 1 heterocycles. The van der Waals surface area contributed by atoms with Crippen LogP contribution >= 0.6 is 15.9 Å². The van der Waals surface area contributed by atoms with Crippen molar-refractivity contribution in [2.24, 2.45) is 0 Å². The van der Waals surface area contributed by atoms with Crippen molar-refractivity contribution < 1.29 is 28.9 Å². The van der Waals surface area contributed by atoms with Gasteiger partial charge < -0.3 is 24.2 Å². The normalized spacial score (nSPS) is 13.9. The highest BCUT2D eigenvalue weighted by Crippen LogP contribution is 2.43. The molecule has 1 N–H and O–H groups in total. The highest BCUT2D eigenvalue weighted by molar-refractivity contribution is 9.10. The van der Waals surface area contributed by atoms with Crippen molar-refractivity contribution in [1.82, 2.24) is 0 Å². The fourth-order valence-corrected chi connectivity index (χ4v) is 3.71. The number of esters is 2. The fourth-order valence-electron chi connectivity index (χ4n) is 3.25. The smallest absolute Gasteiger partial charge is 0.336 e. The number of hydrogen-bond acceptors (Lipinski definition) is 7. The third-order valence-corrected chi connectivity index (χ3v) is 5.28. The Bertz CT molecular complexity index is 997. The third kappa shape index (κ3) is 4.04. The number of phenolic OH excluding ortho intramolecular Hbond substituents is 1. The first-order chi connectivity index (χ1) is 14.4. The van der Waals surface area contributed by atoms with E-state index in [1.807, 2.05) is 30.3 Å². The van der Waals surface area contributed by atoms with E-state index in [1.165, 1.54) is 21.3 Å². The van der Waals surface area contributed by atoms with Gasteiger partial charge in [0.05, 0.1) is 42.9 Å². The van der Waals surface area contributed by atoms with Gasteiger partial charge in [0.2, 0.25) is 0 Å². The van der Waals surface area contributed by atoms with E-state index in [9.17, 15) is 14.7 Å². The Morgan fingerprint density at radius 2 is 1.53 bits per heavy atom. The summed E-state index contributed by atoms with van der Waals surface area (Å²) in [5.74, 6) is -1.89. The zero-order chi connectivity index (χ0) is 21.8. The van der Waals surface area contributed by atoms with Crippen LogP contribution in [0.5, 0.6) is 11.5 Å². The van der Waals surface area contributed by atoms with E-state index in [4.69, 9.17) is 14.2 Å². The Kier molecular flexibility index (Phi) is 6.47. The Labute approximate surface area is 182 Å². The molecule has 0 aromatic heterocycles. The number of para-hydroxylation sites is 1. The van der Waals surface area contributed by atoms with E-state index in [-0.39, 0.29) is 22.6 Å². The molecule has 7 nitrogen and oxygen atoms in total. The van der Waals surface area contributed by atoms with Crippen molar-refractivity contribution >= 4 is 33.6 Å². The van der Waals surface area contributed by atoms with Gasteiger partial charge in [-0.15, -0.1) is 0 Å². The molecule has 1 aliphatic heterocycles. The zero-order valence-electron chi connectivity index (χ0n) is 16.6. The van der Waals surface area contributed by atoms with E-state index >= 15 is 0 Å². The van der Waals surface area contributed by atoms with Gasteiger partial charge >= 0.3 is 11.9 Å². The molecule has 8 heteroatoms.